The summed E-state index contributed by atoms with van der Waals surface area (Å²) < 4.78 is 5.16. The first-order valence-electron chi connectivity index (χ1n) is 3.40. The van der Waals surface area contributed by atoms with Gasteiger partial charge >= 0.3 is 0 Å². The maximum absolute atomic E-state index is 10.7. The van der Waals surface area contributed by atoms with Crippen molar-refractivity contribution in [2.24, 2.45) is 0 Å². The Balaban J connectivity index is 2.80. The van der Waals surface area contributed by atoms with Crippen molar-refractivity contribution in [3.8, 4) is 5.88 Å². The van der Waals surface area contributed by atoms with Crippen LogP contribution in [0.15, 0.2) is 17.2 Å². The predicted octanol–water partition coefficient (Wildman–Crippen LogP) is 0.557. The third-order valence-electron chi connectivity index (χ3n) is 1.01. The summed E-state index contributed by atoms with van der Waals surface area (Å²) in [7, 11) is 0. The molecule has 0 saturated heterocycles. The summed E-state index contributed by atoms with van der Waals surface area (Å²) in [4.78, 5) is 16.9. The fourth-order valence-electron chi connectivity index (χ4n) is 0.657. The standard InChI is InChI=1S/C7H10N2O2/c1-5(2)11-7-3-6(10)8-4-9-7/h3-5H,1-2H3,(H,8,9,10). The number of nitrogens with one attached hydrogen (secondary N) is 1. The molecule has 0 fully saturated rings. The van der Waals surface area contributed by atoms with Crippen LogP contribution in [0, 0.1) is 0 Å². The van der Waals surface area contributed by atoms with Gasteiger partial charge in [0.1, 0.15) is 0 Å². The highest BCUT2D eigenvalue weighted by Crippen LogP contribution is 2.01. The summed E-state index contributed by atoms with van der Waals surface area (Å²) in [5.41, 5.74) is -0.198. The Kier molecular flexibility index (Phi) is 2.25. The molecule has 0 bridgehead atoms. The van der Waals surface area contributed by atoms with Crippen molar-refractivity contribution >= 4 is 0 Å². The van der Waals surface area contributed by atoms with Crippen LogP contribution in [0.25, 0.3) is 0 Å². The summed E-state index contributed by atoms with van der Waals surface area (Å²) in [5.74, 6) is 0.365. The quantitative estimate of drug-likeness (QED) is 0.677. The fraction of sp³-hybridized carbons (Fsp3) is 0.429. The van der Waals surface area contributed by atoms with Gasteiger partial charge in [0.2, 0.25) is 5.88 Å². The van der Waals surface area contributed by atoms with Gasteiger partial charge in [-0.2, -0.15) is 0 Å². The summed E-state index contributed by atoms with van der Waals surface area (Å²) in [6.45, 7) is 3.76. The molecule has 0 atom stereocenters. The lowest BCUT2D eigenvalue weighted by Gasteiger charge is -2.06. The number of H-pyrrole nitrogens is 1. The molecule has 4 heteroatoms. The molecule has 0 aliphatic carbocycles. The molecular formula is C7H10N2O2. The highest BCUT2D eigenvalue weighted by atomic mass is 16.5. The number of aromatic nitrogens is 2. The average Bonchev–Trinajstić information content (AvgIpc) is 1.85. The van der Waals surface area contributed by atoms with Crippen molar-refractivity contribution in [2.45, 2.75) is 20.0 Å². The number of ether oxygens (including phenoxy) is 1. The molecule has 0 amide bonds. The van der Waals surface area contributed by atoms with Gasteiger partial charge in [0.25, 0.3) is 5.56 Å². The fourth-order valence-corrected chi connectivity index (χ4v) is 0.657. The molecule has 0 aromatic carbocycles. The van der Waals surface area contributed by atoms with Gasteiger partial charge in [-0.1, -0.05) is 0 Å². The molecule has 0 aliphatic heterocycles. The Hall–Kier alpha value is -1.32. The van der Waals surface area contributed by atoms with Crippen molar-refractivity contribution in [1.82, 2.24) is 9.97 Å². The first kappa shape index (κ1) is 7.78. The summed E-state index contributed by atoms with van der Waals surface area (Å²) >= 11 is 0. The number of rotatable bonds is 2. The highest BCUT2D eigenvalue weighted by Gasteiger charge is 1.97. The maximum atomic E-state index is 10.7. The minimum Gasteiger partial charge on any atom is -0.475 e. The molecule has 1 N–H and O–H groups in total. The van der Waals surface area contributed by atoms with E-state index in [0.29, 0.717) is 5.88 Å². The van der Waals surface area contributed by atoms with Gasteiger partial charge in [0.05, 0.1) is 18.5 Å². The van der Waals surface area contributed by atoms with Crippen molar-refractivity contribution < 1.29 is 4.74 Å². The van der Waals surface area contributed by atoms with E-state index in [1.807, 2.05) is 13.8 Å². The van der Waals surface area contributed by atoms with Gasteiger partial charge < -0.3 is 9.72 Å². The highest BCUT2D eigenvalue weighted by molar-refractivity contribution is 5.04. The van der Waals surface area contributed by atoms with Crippen LogP contribution in [-0.4, -0.2) is 16.1 Å². The zero-order valence-electron chi connectivity index (χ0n) is 6.50. The van der Waals surface area contributed by atoms with Crippen molar-refractivity contribution in [3.63, 3.8) is 0 Å². The molecular weight excluding hydrogens is 144 g/mol. The first-order valence-corrected chi connectivity index (χ1v) is 3.40. The lowest BCUT2D eigenvalue weighted by Crippen LogP contribution is -2.11. The molecule has 1 aromatic rings. The topological polar surface area (TPSA) is 55.0 Å². The third kappa shape index (κ3) is 2.41. The molecule has 1 aromatic heterocycles. The van der Waals surface area contributed by atoms with Crippen LogP contribution in [0.4, 0.5) is 0 Å². The number of aromatic amines is 1. The third-order valence-corrected chi connectivity index (χ3v) is 1.01. The number of nitrogens with zero attached hydrogens (tertiary/aromatic N) is 1. The van der Waals surface area contributed by atoms with Crippen LogP contribution >= 0.6 is 0 Å². The van der Waals surface area contributed by atoms with E-state index in [9.17, 15) is 4.79 Å². The Morgan fingerprint density at radius 2 is 2.36 bits per heavy atom. The number of hydrogen-bond acceptors (Lipinski definition) is 3. The van der Waals surface area contributed by atoms with Gasteiger partial charge in [-0.25, -0.2) is 4.98 Å². The van der Waals surface area contributed by atoms with Gasteiger partial charge in [-0.05, 0) is 13.8 Å². The smallest absolute Gasteiger partial charge is 0.254 e. The normalized spacial score (nSPS) is 10.1. The maximum Gasteiger partial charge on any atom is 0.254 e. The SMILES string of the molecule is CC(C)Oc1cc(=O)[nH]cn1. The van der Waals surface area contributed by atoms with Crippen LogP contribution in [0.2, 0.25) is 0 Å². The lowest BCUT2D eigenvalue weighted by molar-refractivity contribution is 0.232. The van der Waals surface area contributed by atoms with E-state index in [-0.39, 0.29) is 11.7 Å². The molecule has 0 radical (unpaired) electrons. The van der Waals surface area contributed by atoms with Crippen molar-refractivity contribution in [1.29, 1.82) is 0 Å². The molecule has 11 heavy (non-hydrogen) atoms. The molecule has 0 unspecified atom stereocenters. The van der Waals surface area contributed by atoms with Crippen molar-refractivity contribution in [3.05, 3.63) is 22.7 Å². The summed E-state index contributed by atoms with van der Waals surface area (Å²) in [5, 5.41) is 0. The van der Waals surface area contributed by atoms with E-state index in [1.54, 1.807) is 0 Å². The zero-order valence-corrected chi connectivity index (χ0v) is 6.50. The van der Waals surface area contributed by atoms with E-state index in [4.69, 9.17) is 4.74 Å². The second-order valence-electron chi connectivity index (χ2n) is 2.42. The largest absolute Gasteiger partial charge is 0.475 e. The molecule has 1 heterocycles. The molecule has 1 rings (SSSR count). The predicted molar refractivity (Wildman–Crippen MR) is 40.6 cm³/mol. The van der Waals surface area contributed by atoms with E-state index in [0.717, 1.165) is 0 Å². The molecule has 0 spiro atoms. The Bertz CT molecular complexity index is 280. The van der Waals surface area contributed by atoms with E-state index in [2.05, 4.69) is 9.97 Å². The second kappa shape index (κ2) is 3.18. The van der Waals surface area contributed by atoms with Gasteiger partial charge in [0.15, 0.2) is 0 Å². The first-order chi connectivity index (χ1) is 5.18. The molecule has 0 aliphatic rings. The number of hydrogen-bond donors (Lipinski definition) is 1. The van der Waals surface area contributed by atoms with Crippen LogP contribution in [0.5, 0.6) is 5.88 Å². The van der Waals surface area contributed by atoms with E-state index in [1.165, 1.54) is 12.4 Å². The van der Waals surface area contributed by atoms with Crippen LogP contribution in [-0.2, 0) is 0 Å². The molecule has 0 saturated carbocycles. The second-order valence-corrected chi connectivity index (χ2v) is 2.42. The van der Waals surface area contributed by atoms with E-state index >= 15 is 0 Å². The summed E-state index contributed by atoms with van der Waals surface area (Å²) in [6.07, 6.45) is 1.37. The summed E-state index contributed by atoms with van der Waals surface area (Å²) in [6, 6.07) is 1.32. The molecule has 60 valence electrons. The monoisotopic (exact) mass is 154 g/mol. The van der Waals surface area contributed by atoms with Gasteiger partial charge in [0, 0.05) is 0 Å². The van der Waals surface area contributed by atoms with Crippen LogP contribution in [0.1, 0.15) is 13.8 Å². The Labute approximate surface area is 64.2 Å². The van der Waals surface area contributed by atoms with Gasteiger partial charge in [-0.15, -0.1) is 0 Å². The van der Waals surface area contributed by atoms with Crippen molar-refractivity contribution in [2.75, 3.05) is 0 Å². The van der Waals surface area contributed by atoms with E-state index < -0.39 is 0 Å². The Morgan fingerprint density at radius 3 is 2.91 bits per heavy atom. The zero-order chi connectivity index (χ0) is 8.27. The average molecular weight is 154 g/mol. The van der Waals surface area contributed by atoms with Crippen LogP contribution in [0.3, 0.4) is 0 Å². The Morgan fingerprint density at radius 1 is 1.64 bits per heavy atom. The van der Waals surface area contributed by atoms with Gasteiger partial charge in [-0.3, -0.25) is 4.79 Å². The minimum absolute atomic E-state index is 0.0456. The molecule has 4 nitrogen and oxygen atoms in total. The lowest BCUT2D eigenvalue weighted by atomic mass is 10.5. The minimum atomic E-state index is -0.198. The van der Waals surface area contributed by atoms with Crippen LogP contribution < -0.4 is 10.3 Å².